The lowest BCUT2D eigenvalue weighted by atomic mass is 9.94. The largest absolute Gasteiger partial charge is 0.0654 e. The molecule has 0 fully saturated rings. The van der Waals surface area contributed by atoms with Crippen molar-refractivity contribution in [3.8, 4) is 0 Å². The summed E-state index contributed by atoms with van der Waals surface area (Å²) in [7, 11) is 0. The van der Waals surface area contributed by atoms with Gasteiger partial charge in [0.2, 0.25) is 0 Å². The minimum atomic E-state index is 1.02. The van der Waals surface area contributed by atoms with Crippen LogP contribution in [0.3, 0.4) is 0 Å². The Morgan fingerprint density at radius 3 is 2.00 bits per heavy atom. The number of hydrogen-bond donors (Lipinski definition) is 0. The van der Waals surface area contributed by atoms with Crippen LogP contribution in [-0.2, 0) is 0 Å². The smallest absolute Gasteiger partial charge is 0.0417 e. The highest BCUT2D eigenvalue weighted by Gasteiger charge is 2.03. The highest BCUT2D eigenvalue weighted by molar-refractivity contribution is 4.56. The molecule has 0 heterocycles. The quantitative estimate of drug-likeness (QED) is 0.479. The molecule has 0 aliphatic rings. The summed E-state index contributed by atoms with van der Waals surface area (Å²) >= 11 is 0. The van der Waals surface area contributed by atoms with Crippen molar-refractivity contribution in [2.75, 3.05) is 0 Å². The first-order valence-corrected chi connectivity index (χ1v) is 5.35. The molecular formula is C11H24. The Labute approximate surface area is 72.4 Å². The molecule has 68 valence electrons. The van der Waals surface area contributed by atoms with E-state index in [1.54, 1.807) is 0 Å². The lowest BCUT2D eigenvalue weighted by Gasteiger charge is -2.12. The van der Waals surface area contributed by atoms with Crippen LogP contribution in [0.5, 0.6) is 0 Å². The van der Waals surface area contributed by atoms with Crippen molar-refractivity contribution >= 4 is 0 Å². The molecule has 0 radical (unpaired) electrons. The number of rotatable bonds is 7. The van der Waals surface area contributed by atoms with Crippen molar-refractivity contribution < 1.29 is 0 Å². The van der Waals surface area contributed by atoms with Gasteiger partial charge in [0.1, 0.15) is 0 Å². The van der Waals surface area contributed by atoms with Gasteiger partial charge in [-0.2, -0.15) is 0 Å². The monoisotopic (exact) mass is 156 g/mol. The van der Waals surface area contributed by atoms with Crippen molar-refractivity contribution in [1.82, 2.24) is 0 Å². The van der Waals surface area contributed by atoms with Crippen LogP contribution in [0.2, 0.25) is 0 Å². The van der Waals surface area contributed by atoms with Crippen LogP contribution in [-0.4, -0.2) is 0 Å². The molecule has 0 rings (SSSR count). The van der Waals surface area contributed by atoms with Gasteiger partial charge < -0.3 is 0 Å². The number of hydrogen-bond acceptors (Lipinski definition) is 0. The van der Waals surface area contributed by atoms with Gasteiger partial charge in [-0.05, 0) is 5.92 Å². The number of unbranched alkanes of at least 4 members (excludes halogenated alkanes) is 2. The molecule has 0 nitrogen and oxygen atoms in total. The zero-order valence-corrected chi connectivity index (χ0v) is 8.53. The van der Waals surface area contributed by atoms with E-state index in [2.05, 4.69) is 20.8 Å². The van der Waals surface area contributed by atoms with E-state index in [0.29, 0.717) is 0 Å². The molecule has 0 amide bonds. The SMILES string of the molecule is CCCCCC(CC)CCC. The van der Waals surface area contributed by atoms with E-state index in [9.17, 15) is 0 Å². The van der Waals surface area contributed by atoms with E-state index in [0.717, 1.165) is 5.92 Å². The molecule has 0 bridgehead atoms. The fraction of sp³-hybridized carbons (Fsp3) is 1.00. The molecule has 0 aliphatic heterocycles. The zero-order valence-electron chi connectivity index (χ0n) is 8.53. The van der Waals surface area contributed by atoms with Gasteiger partial charge in [0.05, 0.1) is 0 Å². The fourth-order valence-corrected chi connectivity index (χ4v) is 1.64. The van der Waals surface area contributed by atoms with Gasteiger partial charge in [-0.3, -0.25) is 0 Å². The van der Waals surface area contributed by atoms with Crippen LogP contribution in [0.15, 0.2) is 0 Å². The van der Waals surface area contributed by atoms with E-state index in [1.165, 1.54) is 44.9 Å². The van der Waals surface area contributed by atoms with E-state index < -0.39 is 0 Å². The molecule has 0 spiro atoms. The molecule has 0 aliphatic carbocycles. The van der Waals surface area contributed by atoms with E-state index >= 15 is 0 Å². The van der Waals surface area contributed by atoms with Crippen molar-refractivity contribution in [3.05, 3.63) is 0 Å². The van der Waals surface area contributed by atoms with E-state index in [4.69, 9.17) is 0 Å². The van der Waals surface area contributed by atoms with E-state index in [-0.39, 0.29) is 0 Å². The summed E-state index contributed by atoms with van der Waals surface area (Å²) in [5, 5.41) is 0. The van der Waals surface area contributed by atoms with Crippen LogP contribution in [0, 0.1) is 5.92 Å². The molecule has 0 heteroatoms. The maximum Gasteiger partial charge on any atom is -0.0417 e. The molecule has 1 unspecified atom stereocenters. The first-order valence-electron chi connectivity index (χ1n) is 5.35. The molecule has 0 aromatic heterocycles. The minimum absolute atomic E-state index is 1.02. The maximum absolute atomic E-state index is 2.33. The second kappa shape index (κ2) is 8.10. The van der Waals surface area contributed by atoms with Gasteiger partial charge in [-0.1, -0.05) is 65.7 Å². The van der Waals surface area contributed by atoms with Crippen LogP contribution >= 0.6 is 0 Å². The zero-order chi connectivity index (χ0) is 8.53. The molecular weight excluding hydrogens is 132 g/mol. The van der Waals surface area contributed by atoms with Crippen LogP contribution in [0.1, 0.15) is 65.7 Å². The highest BCUT2D eigenvalue weighted by atomic mass is 14.1. The maximum atomic E-state index is 2.33. The third-order valence-corrected chi connectivity index (χ3v) is 2.49. The first kappa shape index (κ1) is 11.0. The molecule has 0 N–H and O–H groups in total. The highest BCUT2D eigenvalue weighted by Crippen LogP contribution is 2.18. The van der Waals surface area contributed by atoms with Crippen molar-refractivity contribution in [2.24, 2.45) is 5.92 Å². The Hall–Kier alpha value is 0. The lowest BCUT2D eigenvalue weighted by molar-refractivity contribution is 0.412. The average Bonchev–Trinajstić information content (AvgIpc) is 2.03. The summed E-state index contributed by atoms with van der Waals surface area (Å²) in [6.45, 7) is 6.90. The Morgan fingerprint density at radius 1 is 0.818 bits per heavy atom. The lowest BCUT2D eigenvalue weighted by Crippen LogP contribution is -1.97. The molecule has 0 aromatic carbocycles. The molecule has 0 saturated heterocycles. The first-order chi connectivity index (χ1) is 5.35. The normalized spacial score (nSPS) is 13.4. The van der Waals surface area contributed by atoms with Gasteiger partial charge in [0.15, 0.2) is 0 Å². The Morgan fingerprint density at radius 2 is 1.55 bits per heavy atom. The van der Waals surface area contributed by atoms with Gasteiger partial charge in [0, 0.05) is 0 Å². The van der Waals surface area contributed by atoms with E-state index in [1.807, 2.05) is 0 Å². The third-order valence-electron chi connectivity index (χ3n) is 2.49. The van der Waals surface area contributed by atoms with Gasteiger partial charge >= 0.3 is 0 Å². The van der Waals surface area contributed by atoms with Gasteiger partial charge in [0.25, 0.3) is 0 Å². The van der Waals surface area contributed by atoms with Crippen molar-refractivity contribution in [3.63, 3.8) is 0 Å². The van der Waals surface area contributed by atoms with Crippen LogP contribution < -0.4 is 0 Å². The minimum Gasteiger partial charge on any atom is -0.0654 e. The van der Waals surface area contributed by atoms with Gasteiger partial charge in [-0.25, -0.2) is 0 Å². The summed E-state index contributed by atoms with van der Waals surface area (Å²) in [6, 6.07) is 0. The van der Waals surface area contributed by atoms with Crippen LogP contribution in [0.4, 0.5) is 0 Å². The van der Waals surface area contributed by atoms with Crippen molar-refractivity contribution in [1.29, 1.82) is 0 Å². The second-order valence-corrected chi connectivity index (χ2v) is 3.56. The Balaban J connectivity index is 3.20. The molecule has 0 aromatic rings. The summed E-state index contributed by atoms with van der Waals surface area (Å²) in [6.07, 6.45) is 9.92. The summed E-state index contributed by atoms with van der Waals surface area (Å²) < 4.78 is 0. The summed E-state index contributed by atoms with van der Waals surface area (Å²) in [5.41, 5.74) is 0. The predicted octanol–water partition coefficient (Wildman–Crippen LogP) is 4.39. The molecule has 1 atom stereocenters. The molecule has 0 saturated carbocycles. The average molecular weight is 156 g/mol. The summed E-state index contributed by atoms with van der Waals surface area (Å²) in [4.78, 5) is 0. The third kappa shape index (κ3) is 6.40. The van der Waals surface area contributed by atoms with Crippen LogP contribution in [0.25, 0.3) is 0 Å². The standard InChI is InChI=1S/C11H24/c1-4-7-8-10-11(6-3)9-5-2/h11H,4-10H2,1-3H3. The summed E-state index contributed by atoms with van der Waals surface area (Å²) in [5.74, 6) is 1.02. The second-order valence-electron chi connectivity index (χ2n) is 3.56. The molecule has 11 heavy (non-hydrogen) atoms. The van der Waals surface area contributed by atoms with Crippen molar-refractivity contribution in [2.45, 2.75) is 65.7 Å². The topological polar surface area (TPSA) is 0 Å². The Kier molecular flexibility index (Phi) is 8.10. The fourth-order valence-electron chi connectivity index (χ4n) is 1.64. The Bertz CT molecular complexity index is 66.4. The predicted molar refractivity (Wildman–Crippen MR) is 52.8 cm³/mol. The van der Waals surface area contributed by atoms with Gasteiger partial charge in [-0.15, -0.1) is 0 Å².